The number of nitrogens with one attached hydrogen (secondary N) is 2. The van der Waals surface area contributed by atoms with Crippen LogP contribution in [0.3, 0.4) is 0 Å². The topological polar surface area (TPSA) is 189 Å². The van der Waals surface area contributed by atoms with E-state index in [1.807, 2.05) is 40.8 Å². The van der Waals surface area contributed by atoms with E-state index in [1.165, 1.54) is 24.2 Å². The van der Waals surface area contributed by atoms with Crippen LogP contribution in [-0.2, 0) is 34.3 Å². The molecular formula is C38H42N8O6S2. The Hall–Kier alpha value is -5.22. The summed E-state index contributed by atoms with van der Waals surface area (Å²) in [6, 6.07) is 12.9. The van der Waals surface area contributed by atoms with Crippen molar-refractivity contribution in [3.05, 3.63) is 82.9 Å². The molecule has 7 rings (SSSR count). The fourth-order valence-electron chi connectivity index (χ4n) is 7.31. The fourth-order valence-corrected chi connectivity index (χ4v) is 9.18. The van der Waals surface area contributed by atoms with Gasteiger partial charge in [0.15, 0.2) is 5.13 Å². The monoisotopic (exact) mass is 770 g/mol. The number of rotatable bonds is 14. The minimum atomic E-state index is -4.05. The number of unbranched alkanes of at least 4 members (excludes halogenated alkanes) is 2. The predicted octanol–water partition coefficient (Wildman–Crippen LogP) is 5.97. The largest absolute Gasteiger partial charge is 0.481 e. The molecule has 2 amide bonds. The van der Waals surface area contributed by atoms with Crippen LogP contribution in [0.5, 0.6) is 0 Å². The Kier molecular flexibility index (Phi) is 11.0. The third-order valence-electron chi connectivity index (χ3n) is 10.2. The lowest BCUT2D eigenvalue weighted by Gasteiger charge is -2.31. The van der Waals surface area contributed by atoms with Crippen LogP contribution < -0.4 is 14.9 Å². The van der Waals surface area contributed by atoms with Crippen LogP contribution >= 0.6 is 11.3 Å². The maximum absolute atomic E-state index is 13.9. The first kappa shape index (κ1) is 37.1. The number of pyridine rings is 2. The molecule has 4 aromatic heterocycles. The number of carboxylic acids is 1. The molecule has 1 fully saturated rings. The third kappa shape index (κ3) is 8.44. The van der Waals surface area contributed by atoms with Gasteiger partial charge in [-0.1, -0.05) is 42.7 Å². The molecule has 0 saturated heterocycles. The van der Waals surface area contributed by atoms with Gasteiger partial charge in [-0.3, -0.25) is 24.4 Å². The minimum absolute atomic E-state index is 0.0474. The third-order valence-corrected chi connectivity index (χ3v) is 12.4. The first-order chi connectivity index (χ1) is 26.0. The van der Waals surface area contributed by atoms with Gasteiger partial charge < -0.3 is 10.0 Å². The zero-order valence-corrected chi connectivity index (χ0v) is 31.6. The van der Waals surface area contributed by atoms with Crippen molar-refractivity contribution in [3.8, 4) is 11.1 Å². The summed E-state index contributed by atoms with van der Waals surface area (Å²) >= 11 is 1.30. The number of anilines is 2. The van der Waals surface area contributed by atoms with Gasteiger partial charge in [-0.2, -0.15) is 5.10 Å². The van der Waals surface area contributed by atoms with Crippen molar-refractivity contribution in [2.45, 2.75) is 77.8 Å². The molecule has 282 valence electrons. The molecular weight excluding hydrogens is 729 g/mol. The van der Waals surface area contributed by atoms with Crippen molar-refractivity contribution in [1.82, 2.24) is 29.5 Å². The standard InChI is InChI=1S/C38H42N8O6S2/c1-24-29(21-40-46(24)22-25-9-4-5-10-25)27-15-16-32(42-34(27)36(50)44-54(51,52)20-6-2-3-14-33(47)48)45-19-17-26-11-7-12-28(30(26)23-45)35(49)43-38-41-31-13-8-18-39-37(31)53-38/h7-8,11-13,15-16,18,21,25H,2-6,9-10,14,17,19-20,22-23H2,1H3,(H,44,50)(H,47,48)(H,41,43,49). The van der Waals surface area contributed by atoms with Gasteiger partial charge in [0.25, 0.3) is 11.8 Å². The van der Waals surface area contributed by atoms with Gasteiger partial charge >= 0.3 is 5.97 Å². The Morgan fingerprint density at radius 2 is 1.81 bits per heavy atom. The number of aromatic nitrogens is 5. The number of nitrogens with zero attached hydrogens (tertiary/aromatic N) is 6. The van der Waals surface area contributed by atoms with Crippen LogP contribution in [0, 0.1) is 12.8 Å². The van der Waals surface area contributed by atoms with Crippen molar-refractivity contribution < 1.29 is 27.9 Å². The number of benzene rings is 1. The number of thiazole rings is 1. The van der Waals surface area contributed by atoms with Crippen molar-refractivity contribution in [1.29, 1.82) is 0 Å². The molecule has 0 radical (unpaired) electrons. The van der Waals surface area contributed by atoms with E-state index in [0.29, 0.717) is 71.4 Å². The van der Waals surface area contributed by atoms with E-state index in [4.69, 9.17) is 10.1 Å². The summed E-state index contributed by atoms with van der Waals surface area (Å²) in [6.07, 6.45) is 9.62. The molecule has 5 heterocycles. The average molecular weight is 771 g/mol. The lowest BCUT2D eigenvalue weighted by Crippen LogP contribution is -2.35. The van der Waals surface area contributed by atoms with E-state index < -0.39 is 21.9 Å². The fraction of sp³-hybridized carbons (Fsp3) is 0.395. The highest BCUT2D eigenvalue weighted by Gasteiger charge is 2.28. The number of hydrogen-bond acceptors (Lipinski definition) is 11. The smallest absolute Gasteiger partial charge is 0.303 e. The summed E-state index contributed by atoms with van der Waals surface area (Å²) in [7, 11) is -4.05. The molecule has 0 spiro atoms. The van der Waals surface area contributed by atoms with E-state index >= 15 is 0 Å². The molecule has 16 heteroatoms. The van der Waals surface area contributed by atoms with Crippen LogP contribution in [0.4, 0.5) is 10.9 Å². The summed E-state index contributed by atoms with van der Waals surface area (Å²) in [4.78, 5) is 54.7. The van der Waals surface area contributed by atoms with Crippen molar-refractivity contribution in [2.24, 2.45) is 5.92 Å². The molecule has 1 aliphatic carbocycles. The number of fused-ring (bicyclic) bond motifs is 2. The number of sulfonamides is 1. The summed E-state index contributed by atoms with van der Waals surface area (Å²) in [6.45, 7) is 3.61. The molecule has 3 N–H and O–H groups in total. The number of hydrogen-bond donors (Lipinski definition) is 3. The molecule has 1 aromatic carbocycles. The molecule has 0 unspecified atom stereocenters. The molecule has 0 atom stereocenters. The van der Waals surface area contributed by atoms with E-state index in [-0.39, 0.29) is 30.2 Å². The second-order valence-corrected chi connectivity index (χ2v) is 16.7. The molecule has 1 saturated carbocycles. The van der Waals surface area contributed by atoms with Gasteiger partial charge in [0.2, 0.25) is 10.0 Å². The van der Waals surface area contributed by atoms with Crippen molar-refractivity contribution in [3.63, 3.8) is 0 Å². The van der Waals surface area contributed by atoms with Crippen LogP contribution in [-0.4, -0.2) is 68.3 Å². The number of amides is 2. The lowest BCUT2D eigenvalue weighted by atomic mass is 9.94. The van der Waals surface area contributed by atoms with Crippen LogP contribution in [0.1, 0.15) is 89.0 Å². The number of aliphatic carboxylic acids is 1. The maximum Gasteiger partial charge on any atom is 0.303 e. The predicted molar refractivity (Wildman–Crippen MR) is 206 cm³/mol. The maximum atomic E-state index is 13.9. The second kappa shape index (κ2) is 16.0. The zero-order chi connectivity index (χ0) is 37.8. The molecule has 14 nitrogen and oxygen atoms in total. The van der Waals surface area contributed by atoms with Gasteiger partial charge in [-0.25, -0.2) is 28.1 Å². The Labute approximate surface area is 317 Å². The highest BCUT2D eigenvalue weighted by Crippen LogP contribution is 2.33. The highest BCUT2D eigenvalue weighted by atomic mass is 32.2. The molecule has 5 aromatic rings. The lowest BCUT2D eigenvalue weighted by molar-refractivity contribution is -0.137. The van der Waals surface area contributed by atoms with E-state index in [0.717, 1.165) is 41.0 Å². The minimum Gasteiger partial charge on any atom is -0.481 e. The zero-order valence-electron chi connectivity index (χ0n) is 30.0. The Morgan fingerprint density at radius 3 is 2.61 bits per heavy atom. The second-order valence-electron chi connectivity index (χ2n) is 13.9. The van der Waals surface area contributed by atoms with Crippen LogP contribution in [0.25, 0.3) is 21.5 Å². The number of carbonyl (C=O) groups excluding carboxylic acids is 2. The van der Waals surface area contributed by atoms with Gasteiger partial charge in [0, 0.05) is 54.6 Å². The Bertz CT molecular complexity index is 2280. The van der Waals surface area contributed by atoms with Gasteiger partial charge in [-0.05, 0) is 86.4 Å². The normalized spacial score (nSPS) is 14.6. The quantitative estimate of drug-likeness (QED) is 0.113. The first-order valence-electron chi connectivity index (χ1n) is 18.2. The van der Waals surface area contributed by atoms with E-state index in [9.17, 15) is 22.8 Å². The number of carboxylic acid groups (broad SMARTS) is 1. The van der Waals surface area contributed by atoms with Gasteiger partial charge in [0.1, 0.15) is 21.9 Å². The average Bonchev–Trinajstić information content (AvgIpc) is 3.91. The molecule has 54 heavy (non-hydrogen) atoms. The SMILES string of the molecule is Cc1c(-c2ccc(N3CCc4cccc(C(=O)Nc5nc6cccnc6s5)c4C3)nc2C(=O)NS(=O)(=O)CCCCCC(=O)O)cnn1CC1CCCC1. The van der Waals surface area contributed by atoms with Gasteiger partial charge in [0.05, 0.1) is 11.9 Å². The highest BCUT2D eigenvalue weighted by molar-refractivity contribution is 7.90. The van der Waals surface area contributed by atoms with Crippen molar-refractivity contribution in [2.75, 3.05) is 22.5 Å². The first-order valence-corrected chi connectivity index (χ1v) is 20.7. The van der Waals surface area contributed by atoms with Crippen LogP contribution in [0.2, 0.25) is 0 Å². The van der Waals surface area contributed by atoms with E-state index in [1.54, 1.807) is 30.6 Å². The molecule has 0 bridgehead atoms. The Morgan fingerprint density at radius 1 is 0.981 bits per heavy atom. The summed E-state index contributed by atoms with van der Waals surface area (Å²) in [5.41, 5.74) is 5.02. The molecule has 1 aliphatic heterocycles. The van der Waals surface area contributed by atoms with Crippen molar-refractivity contribution >= 4 is 60.4 Å². The van der Waals surface area contributed by atoms with Gasteiger partial charge in [-0.15, -0.1) is 0 Å². The Balaban J connectivity index is 1.16. The summed E-state index contributed by atoms with van der Waals surface area (Å²) in [5.74, 6) is -1.42. The summed E-state index contributed by atoms with van der Waals surface area (Å²) < 4.78 is 30.3. The van der Waals surface area contributed by atoms with E-state index in [2.05, 4.69) is 25.1 Å². The van der Waals surface area contributed by atoms with Crippen LogP contribution in [0.15, 0.2) is 54.9 Å². The molecule has 2 aliphatic rings. The summed E-state index contributed by atoms with van der Waals surface area (Å²) in [5, 5.41) is 16.9. The number of carbonyl (C=O) groups is 3.